The smallest absolute Gasteiger partial charge is 0.306 e. The Morgan fingerprint density at radius 3 is 2.52 bits per heavy atom. The summed E-state index contributed by atoms with van der Waals surface area (Å²) in [6, 6.07) is 10.4. The quantitative estimate of drug-likeness (QED) is 0.559. The molecule has 0 aliphatic rings. The molecule has 1 aromatic carbocycles. The Hall–Kier alpha value is -2.18. The molecule has 1 atom stereocenters. The van der Waals surface area contributed by atoms with Crippen LogP contribution in [0.25, 0.3) is 0 Å². The van der Waals surface area contributed by atoms with Gasteiger partial charge in [0.25, 0.3) is 5.91 Å². The molecule has 1 N–H and O–H groups in total. The lowest BCUT2D eigenvalue weighted by molar-refractivity contribution is -0.148. The fraction of sp³-hybridized carbons (Fsp3) is 0.278. The normalized spacial score (nSPS) is 11.6. The molecule has 0 aliphatic carbocycles. The lowest BCUT2D eigenvalue weighted by atomic mass is 10.1. The van der Waals surface area contributed by atoms with Crippen LogP contribution < -0.4 is 5.32 Å². The third kappa shape index (κ3) is 6.32. The SMILES string of the molecule is C[C@@H](NC(=O)COC(=O)CCC(=O)c1cccs1)c1ccc(Cl)cc1. The number of ether oxygens (including phenoxy) is 1. The number of thiophene rings is 1. The molecule has 0 unspecified atom stereocenters. The summed E-state index contributed by atoms with van der Waals surface area (Å²) in [6.07, 6.45) is 0.0267. The van der Waals surface area contributed by atoms with Gasteiger partial charge in [0.1, 0.15) is 0 Å². The number of nitrogens with one attached hydrogen (secondary N) is 1. The van der Waals surface area contributed by atoms with Crippen LogP contribution in [0.5, 0.6) is 0 Å². The third-order valence-corrected chi connectivity index (χ3v) is 4.63. The van der Waals surface area contributed by atoms with Crippen LogP contribution in [0.15, 0.2) is 41.8 Å². The first-order valence-corrected chi connectivity index (χ1v) is 8.98. The Labute approximate surface area is 154 Å². The Kier molecular flexibility index (Phi) is 7.16. The summed E-state index contributed by atoms with van der Waals surface area (Å²) in [5.41, 5.74) is 0.894. The number of benzene rings is 1. The summed E-state index contributed by atoms with van der Waals surface area (Å²) >= 11 is 7.16. The van der Waals surface area contributed by atoms with E-state index >= 15 is 0 Å². The molecule has 2 rings (SSSR count). The van der Waals surface area contributed by atoms with E-state index in [1.807, 2.05) is 19.1 Å². The van der Waals surface area contributed by atoms with Crippen molar-refractivity contribution >= 4 is 40.6 Å². The lowest BCUT2D eigenvalue weighted by Gasteiger charge is -2.14. The first kappa shape index (κ1) is 19.1. The third-order valence-electron chi connectivity index (χ3n) is 3.46. The predicted octanol–water partition coefficient (Wildman–Crippen LogP) is 3.79. The van der Waals surface area contributed by atoms with Crippen molar-refractivity contribution in [3.05, 3.63) is 57.2 Å². The van der Waals surface area contributed by atoms with Crippen molar-refractivity contribution in [1.82, 2.24) is 5.32 Å². The van der Waals surface area contributed by atoms with Crippen molar-refractivity contribution in [2.45, 2.75) is 25.8 Å². The van der Waals surface area contributed by atoms with Crippen molar-refractivity contribution in [3.63, 3.8) is 0 Å². The summed E-state index contributed by atoms with van der Waals surface area (Å²) in [5, 5.41) is 5.16. The fourth-order valence-corrected chi connectivity index (χ4v) is 2.93. The minimum atomic E-state index is -0.570. The van der Waals surface area contributed by atoms with Crippen molar-refractivity contribution in [2.75, 3.05) is 6.61 Å². The Morgan fingerprint density at radius 1 is 1.16 bits per heavy atom. The van der Waals surface area contributed by atoms with Gasteiger partial charge in [0.2, 0.25) is 0 Å². The molecule has 25 heavy (non-hydrogen) atoms. The van der Waals surface area contributed by atoms with Crippen LogP contribution in [-0.4, -0.2) is 24.3 Å². The maximum absolute atomic E-state index is 11.8. The van der Waals surface area contributed by atoms with Crippen molar-refractivity contribution in [2.24, 2.45) is 0 Å². The van der Waals surface area contributed by atoms with E-state index in [2.05, 4.69) is 5.32 Å². The molecule has 1 aromatic heterocycles. The molecule has 2 aromatic rings. The Bertz CT molecular complexity index is 728. The van der Waals surface area contributed by atoms with E-state index in [1.54, 1.807) is 29.6 Å². The number of carbonyl (C=O) groups excluding carboxylic acids is 3. The van der Waals surface area contributed by atoms with Crippen LogP contribution in [0.3, 0.4) is 0 Å². The second-order valence-corrected chi connectivity index (χ2v) is 6.79. The number of hydrogen-bond donors (Lipinski definition) is 1. The monoisotopic (exact) mass is 379 g/mol. The molecule has 0 saturated heterocycles. The van der Waals surface area contributed by atoms with E-state index < -0.39 is 11.9 Å². The van der Waals surface area contributed by atoms with Gasteiger partial charge in [-0.05, 0) is 36.1 Å². The number of esters is 1. The Morgan fingerprint density at radius 2 is 1.88 bits per heavy atom. The van der Waals surface area contributed by atoms with E-state index in [-0.39, 0.29) is 31.3 Å². The molecule has 132 valence electrons. The number of carbonyl (C=O) groups is 3. The van der Waals surface area contributed by atoms with Gasteiger partial charge in [-0.1, -0.05) is 29.8 Å². The number of hydrogen-bond acceptors (Lipinski definition) is 5. The number of ketones is 1. The van der Waals surface area contributed by atoms with Crippen LogP contribution in [0.4, 0.5) is 0 Å². The Balaban J connectivity index is 1.69. The van der Waals surface area contributed by atoms with Crippen molar-refractivity contribution < 1.29 is 19.1 Å². The highest BCUT2D eigenvalue weighted by Crippen LogP contribution is 2.16. The van der Waals surface area contributed by atoms with Gasteiger partial charge in [-0.25, -0.2) is 0 Å². The second kappa shape index (κ2) is 9.34. The molecule has 0 fully saturated rings. The van der Waals surface area contributed by atoms with Crippen molar-refractivity contribution in [1.29, 1.82) is 0 Å². The van der Waals surface area contributed by atoms with Gasteiger partial charge in [-0.2, -0.15) is 0 Å². The summed E-state index contributed by atoms with van der Waals surface area (Å²) in [6.45, 7) is 1.45. The summed E-state index contributed by atoms with van der Waals surface area (Å²) in [4.78, 5) is 35.9. The molecule has 1 amide bonds. The van der Waals surface area contributed by atoms with Crippen LogP contribution in [0.2, 0.25) is 5.02 Å². The lowest BCUT2D eigenvalue weighted by Crippen LogP contribution is -2.31. The average Bonchev–Trinajstić information content (AvgIpc) is 3.13. The molecule has 0 saturated carbocycles. The highest BCUT2D eigenvalue weighted by molar-refractivity contribution is 7.12. The van der Waals surface area contributed by atoms with Gasteiger partial charge >= 0.3 is 5.97 Å². The number of amides is 1. The highest BCUT2D eigenvalue weighted by atomic mass is 35.5. The van der Waals surface area contributed by atoms with E-state index in [0.717, 1.165) is 5.56 Å². The van der Waals surface area contributed by atoms with E-state index in [9.17, 15) is 14.4 Å². The fourth-order valence-electron chi connectivity index (χ4n) is 2.11. The largest absolute Gasteiger partial charge is 0.456 e. The molecular weight excluding hydrogens is 362 g/mol. The zero-order valence-corrected chi connectivity index (χ0v) is 15.2. The van der Waals surface area contributed by atoms with Gasteiger partial charge in [0.15, 0.2) is 12.4 Å². The van der Waals surface area contributed by atoms with Gasteiger partial charge < -0.3 is 10.1 Å². The minimum Gasteiger partial charge on any atom is -0.456 e. The predicted molar refractivity (Wildman–Crippen MR) is 96.9 cm³/mol. The van der Waals surface area contributed by atoms with Gasteiger partial charge in [0, 0.05) is 11.4 Å². The van der Waals surface area contributed by atoms with Crippen LogP contribution >= 0.6 is 22.9 Å². The van der Waals surface area contributed by atoms with Gasteiger partial charge in [-0.15, -0.1) is 11.3 Å². The number of halogens is 1. The zero-order valence-electron chi connectivity index (χ0n) is 13.7. The maximum Gasteiger partial charge on any atom is 0.306 e. The molecule has 0 aliphatic heterocycles. The number of Topliss-reactive ketones (excluding diaryl/α,β-unsaturated/α-hetero) is 1. The summed E-state index contributed by atoms with van der Waals surface area (Å²) in [7, 11) is 0. The first-order valence-electron chi connectivity index (χ1n) is 7.73. The number of rotatable bonds is 8. The van der Waals surface area contributed by atoms with Crippen LogP contribution in [0, 0.1) is 0 Å². The molecular formula is C18H18ClNO4S. The van der Waals surface area contributed by atoms with E-state index in [1.165, 1.54) is 11.3 Å². The van der Waals surface area contributed by atoms with E-state index in [0.29, 0.717) is 9.90 Å². The molecule has 0 radical (unpaired) electrons. The van der Waals surface area contributed by atoms with Gasteiger partial charge in [-0.3, -0.25) is 14.4 Å². The summed E-state index contributed by atoms with van der Waals surface area (Å²) in [5.74, 6) is -1.08. The van der Waals surface area contributed by atoms with Crippen LogP contribution in [0.1, 0.15) is 41.0 Å². The van der Waals surface area contributed by atoms with E-state index in [4.69, 9.17) is 16.3 Å². The minimum absolute atomic E-state index is 0.0449. The maximum atomic E-state index is 11.8. The molecule has 1 heterocycles. The topological polar surface area (TPSA) is 72.5 Å². The molecule has 0 bridgehead atoms. The summed E-state index contributed by atoms with van der Waals surface area (Å²) < 4.78 is 4.91. The highest BCUT2D eigenvalue weighted by Gasteiger charge is 2.14. The first-order chi connectivity index (χ1) is 12.0. The zero-order chi connectivity index (χ0) is 18.2. The van der Waals surface area contributed by atoms with Crippen molar-refractivity contribution in [3.8, 4) is 0 Å². The molecule has 5 nitrogen and oxygen atoms in total. The molecule has 0 spiro atoms. The van der Waals surface area contributed by atoms with Crippen LogP contribution in [-0.2, 0) is 14.3 Å². The van der Waals surface area contributed by atoms with Gasteiger partial charge in [0.05, 0.1) is 17.3 Å². The molecule has 7 heteroatoms. The second-order valence-electron chi connectivity index (χ2n) is 5.40. The standard InChI is InChI=1S/C18H18ClNO4S/c1-12(13-4-6-14(19)7-5-13)20-17(22)11-24-18(23)9-8-15(21)16-3-2-10-25-16/h2-7,10,12H,8-9,11H2,1H3,(H,20,22)/t12-/m1/s1. The average molecular weight is 380 g/mol.